The van der Waals surface area contributed by atoms with Gasteiger partial charge in [0.15, 0.2) is 0 Å². The third kappa shape index (κ3) is 4.69. The molecule has 0 saturated carbocycles. The van der Waals surface area contributed by atoms with Gasteiger partial charge in [-0.2, -0.15) is 0 Å². The molecule has 2 N–H and O–H groups in total. The molecule has 0 radical (unpaired) electrons. The van der Waals surface area contributed by atoms with Crippen molar-refractivity contribution in [2.75, 3.05) is 26.2 Å². The van der Waals surface area contributed by atoms with E-state index in [0.29, 0.717) is 23.0 Å². The molecule has 2 aromatic rings. The van der Waals surface area contributed by atoms with Crippen LogP contribution >= 0.6 is 0 Å². The van der Waals surface area contributed by atoms with E-state index in [-0.39, 0.29) is 11.5 Å². The number of nitrogens with zero attached hydrogens (tertiary/aromatic N) is 2. The van der Waals surface area contributed by atoms with Crippen LogP contribution in [0.5, 0.6) is 0 Å². The third-order valence-electron chi connectivity index (χ3n) is 6.55. The maximum Gasteiger partial charge on any atom is 0.261 e. The van der Waals surface area contributed by atoms with Crippen LogP contribution in [0, 0.1) is 5.92 Å². The van der Waals surface area contributed by atoms with Gasteiger partial charge in [-0.05, 0) is 49.8 Å². The van der Waals surface area contributed by atoms with Crippen molar-refractivity contribution < 1.29 is 9.69 Å². The lowest BCUT2D eigenvalue weighted by molar-refractivity contribution is -0.906. The van der Waals surface area contributed by atoms with Gasteiger partial charge in [-0.1, -0.05) is 13.3 Å². The van der Waals surface area contributed by atoms with Crippen molar-refractivity contribution in [3.05, 3.63) is 39.9 Å². The first-order chi connectivity index (χ1) is 14.1. The number of piperidine rings is 1. The first kappa shape index (κ1) is 20.1. The van der Waals surface area contributed by atoms with Crippen molar-refractivity contribution in [1.82, 2.24) is 14.9 Å². The highest BCUT2D eigenvalue weighted by Gasteiger charge is 2.18. The minimum absolute atomic E-state index is 0.0256. The van der Waals surface area contributed by atoms with E-state index >= 15 is 0 Å². The van der Waals surface area contributed by atoms with Crippen LogP contribution in [0.4, 0.5) is 0 Å². The zero-order chi connectivity index (χ0) is 20.2. The van der Waals surface area contributed by atoms with Crippen LogP contribution in [-0.4, -0.2) is 41.6 Å². The summed E-state index contributed by atoms with van der Waals surface area (Å²) in [5, 5.41) is 3.64. The maximum atomic E-state index is 12.8. The van der Waals surface area contributed by atoms with Crippen molar-refractivity contribution in [2.24, 2.45) is 5.92 Å². The second-order valence-corrected chi connectivity index (χ2v) is 8.82. The lowest BCUT2D eigenvalue weighted by Gasteiger charge is -2.27. The van der Waals surface area contributed by atoms with Gasteiger partial charge < -0.3 is 10.2 Å². The zero-order valence-corrected chi connectivity index (χ0v) is 17.5. The fourth-order valence-electron chi connectivity index (χ4n) is 4.62. The zero-order valence-electron chi connectivity index (χ0n) is 17.5. The molecule has 6 heteroatoms. The Bertz CT molecular complexity index is 928. The minimum atomic E-state index is -0.0778. The Morgan fingerprint density at radius 2 is 2.07 bits per heavy atom. The van der Waals surface area contributed by atoms with Crippen LogP contribution in [0.15, 0.2) is 23.0 Å². The van der Waals surface area contributed by atoms with Crippen LogP contribution in [0.25, 0.3) is 10.9 Å². The van der Waals surface area contributed by atoms with Crippen LogP contribution in [-0.2, 0) is 13.0 Å². The molecule has 3 heterocycles. The highest BCUT2D eigenvalue weighted by atomic mass is 16.1. The first-order valence-corrected chi connectivity index (χ1v) is 11.3. The number of nitrogens with one attached hydrogen (secondary N) is 2. The average Bonchev–Trinajstić information content (AvgIpc) is 2.98. The summed E-state index contributed by atoms with van der Waals surface area (Å²) in [6.07, 6.45) is 7.68. The molecule has 6 nitrogen and oxygen atoms in total. The summed E-state index contributed by atoms with van der Waals surface area (Å²) in [5.41, 5.74) is 1.25. The highest BCUT2D eigenvalue weighted by molar-refractivity contribution is 5.97. The standard InChI is InChI=1S/C23H32N4O2/c1-17-9-14-26(15-10-17)12-5-11-24-22(28)18-7-8-19-20(16-18)25-21-6-3-2-4-13-27(21)23(19)29/h7-8,16-17H,2-6,9-15H2,1H3,(H,24,28)/p+1. The quantitative estimate of drug-likeness (QED) is 0.753. The summed E-state index contributed by atoms with van der Waals surface area (Å²) in [5.74, 6) is 1.64. The molecule has 2 aliphatic rings. The molecule has 0 unspecified atom stereocenters. The van der Waals surface area contributed by atoms with E-state index in [0.717, 1.165) is 56.9 Å². The number of carbonyl (C=O) groups excluding carboxylic acids is 1. The van der Waals surface area contributed by atoms with Crippen LogP contribution in [0.1, 0.15) is 61.6 Å². The molecule has 0 aliphatic carbocycles. The van der Waals surface area contributed by atoms with E-state index in [1.165, 1.54) is 25.9 Å². The van der Waals surface area contributed by atoms with E-state index in [9.17, 15) is 9.59 Å². The molecule has 156 valence electrons. The van der Waals surface area contributed by atoms with Gasteiger partial charge in [-0.25, -0.2) is 4.98 Å². The van der Waals surface area contributed by atoms with Crippen LogP contribution in [0.3, 0.4) is 0 Å². The van der Waals surface area contributed by atoms with Crippen molar-refractivity contribution in [3.63, 3.8) is 0 Å². The largest absolute Gasteiger partial charge is 0.352 e. The summed E-state index contributed by atoms with van der Waals surface area (Å²) in [7, 11) is 0. The average molecular weight is 398 g/mol. The van der Waals surface area contributed by atoms with Crippen LogP contribution in [0.2, 0.25) is 0 Å². The molecule has 0 spiro atoms. The Hall–Kier alpha value is -2.21. The van der Waals surface area contributed by atoms with Crippen molar-refractivity contribution in [2.45, 2.75) is 58.4 Å². The molecule has 0 bridgehead atoms. The number of amides is 1. The molecule has 4 rings (SSSR count). The smallest absolute Gasteiger partial charge is 0.261 e. The summed E-state index contributed by atoms with van der Waals surface area (Å²) < 4.78 is 1.82. The molecule has 1 fully saturated rings. The van der Waals surface area contributed by atoms with Crippen molar-refractivity contribution in [1.29, 1.82) is 0 Å². The highest BCUT2D eigenvalue weighted by Crippen LogP contribution is 2.16. The fourth-order valence-corrected chi connectivity index (χ4v) is 4.62. The van der Waals surface area contributed by atoms with Gasteiger partial charge in [0.05, 0.1) is 30.5 Å². The number of likely N-dealkylation sites (tertiary alicyclic amines) is 1. The maximum absolute atomic E-state index is 12.8. The second-order valence-electron chi connectivity index (χ2n) is 8.82. The summed E-state index contributed by atoms with van der Waals surface area (Å²) in [6, 6.07) is 5.29. The second kappa shape index (κ2) is 9.08. The number of benzene rings is 1. The summed E-state index contributed by atoms with van der Waals surface area (Å²) >= 11 is 0. The topological polar surface area (TPSA) is 68.4 Å². The van der Waals surface area contributed by atoms with Gasteiger partial charge in [0.1, 0.15) is 5.82 Å². The Morgan fingerprint density at radius 3 is 2.90 bits per heavy atom. The number of aryl methyl sites for hydroxylation is 1. The fraction of sp³-hybridized carbons (Fsp3) is 0.609. The molecule has 1 aromatic carbocycles. The molecule has 0 atom stereocenters. The van der Waals surface area contributed by atoms with E-state index < -0.39 is 0 Å². The van der Waals surface area contributed by atoms with Gasteiger partial charge in [-0.3, -0.25) is 14.2 Å². The molecular weight excluding hydrogens is 364 g/mol. The number of quaternary nitrogens is 1. The number of aromatic nitrogens is 2. The van der Waals surface area contributed by atoms with E-state index in [1.807, 2.05) is 4.57 Å². The molecular formula is C23H33N4O2+. The molecule has 29 heavy (non-hydrogen) atoms. The predicted molar refractivity (Wildman–Crippen MR) is 114 cm³/mol. The third-order valence-corrected chi connectivity index (χ3v) is 6.55. The van der Waals surface area contributed by atoms with E-state index in [2.05, 4.69) is 12.2 Å². The Labute approximate surface area is 172 Å². The van der Waals surface area contributed by atoms with Gasteiger partial charge in [0.25, 0.3) is 11.5 Å². The number of fused-ring (bicyclic) bond motifs is 2. The molecule has 1 saturated heterocycles. The predicted octanol–water partition coefficient (Wildman–Crippen LogP) is 1.56. The van der Waals surface area contributed by atoms with Gasteiger partial charge in [0.2, 0.25) is 0 Å². The van der Waals surface area contributed by atoms with Crippen molar-refractivity contribution in [3.8, 4) is 0 Å². The number of hydrogen-bond donors (Lipinski definition) is 2. The Morgan fingerprint density at radius 1 is 1.24 bits per heavy atom. The van der Waals surface area contributed by atoms with E-state index in [1.54, 1.807) is 23.1 Å². The monoisotopic (exact) mass is 397 g/mol. The Kier molecular flexibility index (Phi) is 6.28. The molecule has 2 aliphatic heterocycles. The normalized spacial score (nSPS) is 22.1. The van der Waals surface area contributed by atoms with Gasteiger partial charge >= 0.3 is 0 Å². The number of rotatable bonds is 5. The van der Waals surface area contributed by atoms with Gasteiger partial charge in [-0.15, -0.1) is 0 Å². The number of carbonyl (C=O) groups is 1. The summed E-state index contributed by atoms with van der Waals surface area (Å²) in [6.45, 7) is 7.40. The summed E-state index contributed by atoms with van der Waals surface area (Å²) in [4.78, 5) is 31.8. The molecule has 1 aromatic heterocycles. The molecule has 1 amide bonds. The van der Waals surface area contributed by atoms with Gasteiger partial charge in [0, 0.05) is 31.5 Å². The first-order valence-electron chi connectivity index (χ1n) is 11.3. The van der Waals surface area contributed by atoms with Crippen LogP contribution < -0.4 is 15.8 Å². The lowest BCUT2D eigenvalue weighted by Crippen LogP contribution is -3.13. The SMILES string of the molecule is CC1CC[NH+](CCCNC(=O)c2ccc3c(=O)n4c(nc3c2)CCCCC4)CC1. The minimum Gasteiger partial charge on any atom is -0.352 e. The lowest BCUT2D eigenvalue weighted by atomic mass is 9.99. The van der Waals surface area contributed by atoms with Crippen molar-refractivity contribution >= 4 is 16.8 Å². The van der Waals surface area contributed by atoms with E-state index in [4.69, 9.17) is 4.98 Å². The number of hydrogen-bond acceptors (Lipinski definition) is 3. The Balaban J connectivity index is 1.38.